The molecule has 0 aliphatic heterocycles. The fourth-order valence-electron chi connectivity index (χ4n) is 2.17. The lowest BCUT2D eigenvalue weighted by atomic mass is 10.0. The molecular weight excluding hydrogens is 308 g/mol. The Kier molecular flexibility index (Phi) is 5.84. The van der Waals surface area contributed by atoms with E-state index in [1.807, 2.05) is 43.3 Å². The second kappa shape index (κ2) is 7.85. The van der Waals surface area contributed by atoms with Crippen molar-refractivity contribution in [2.24, 2.45) is 0 Å². The number of aliphatic hydroxyl groups is 1. The van der Waals surface area contributed by atoms with Crippen molar-refractivity contribution in [3.8, 4) is 0 Å². The third kappa shape index (κ3) is 4.37. The molecule has 2 atom stereocenters. The van der Waals surface area contributed by atoms with E-state index in [4.69, 9.17) is 12.2 Å². The van der Waals surface area contributed by atoms with Gasteiger partial charge in [-0.05, 0) is 36.8 Å². The SMILES string of the molecule is C[C@@H]([C@@H](O)c1ccccc1)N(C)C(=S)NC(=O)c1ccccc1. The average Bonchev–Trinajstić information content (AvgIpc) is 2.61. The van der Waals surface area contributed by atoms with Crippen LogP contribution in [0.5, 0.6) is 0 Å². The van der Waals surface area contributed by atoms with Gasteiger partial charge < -0.3 is 10.0 Å². The topological polar surface area (TPSA) is 52.6 Å². The van der Waals surface area contributed by atoms with E-state index < -0.39 is 6.10 Å². The number of hydrogen-bond acceptors (Lipinski definition) is 3. The van der Waals surface area contributed by atoms with Crippen LogP contribution >= 0.6 is 12.2 Å². The molecule has 23 heavy (non-hydrogen) atoms. The minimum atomic E-state index is -0.701. The molecule has 0 aliphatic rings. The highest BCUT2D eigenvalue weighted by Crippen LogP contribution is 2.19. The molecule has 2 N–H and O–H groups in total. The van der Waals surface area contributed by atoms with Crippen molar-refractivity contribution in [3.63, 3.8) is 0 Å². The predicted octanol–water partition coefficient (Wildman–Crippen LogP) is 2.76. The van der Waals surface area contributed by atoms with Gasteiger partial charge in [0.2, 0.25) is 0 Å². The first-order chi connectivity index (χ1) is 11.0. The third-order valence-corrected chi connectivity index (χ3v) is 4.18. The van der Waals surface area contributed by atoms with Crippen LogP contribution in [0.1, 0.15) is 28.9 Å². The van der Waals surface area contributed by atoms with E-state index in [2.05, 4.69) is 5.32 Å². The molecule has 0 aromatic heterocycles. The van der Waals surface area contributed by atoms with Gasteiger partial charge in [-0.1, -0.05) is 48.5 Å². The van der Waals surface area contributed by atoms with Crippen LogP contribution in [0, 0.1) is 0 Å². The monoisotopic (exact) mass is 328 g/mol. The first-order valence-electron chi connectivity index (χ1n) is 7.37. The number of benzene rings is 2. The zero-order valence-electron chi connectivity index (χ0n) is 13.1. The number of likely N-dealkylation sites (N-methyl/N-ethyl adjacent to an activating group) is 1. The summed E-state index contributed by atoms with van der Waals surface area (Å²) in [6, 6.07) is 18.0. The second-order valence-electron chi connectivity index (χ2n) is 5.33. The van der Waals surface area contributed by atoms with Gasteiger partial charge in [-0.15, -0.1) is 0 Å². The summed E-state index contributed by atoms with van der Waals surface area (Å²) in [4.78, 5) is 13.8. The molecule has 0 spiro atoms. The van der Waals surface area contributed by atoms with Crippen molar-refractivity contribution in [1.82, 2.24) is 10.2 Å². The molecule has 2 rings (SSSR count). The molecule has 1 amide bonds. The fourth-order valence-corrected chi connectivity index (χ4v) is 2.43. The van der Waals surface area contributed by atoms with Crippen LogP contribution in [0.3, 0.4) is 0 Å². The van der Waals surface area contributed by atoms with E-state index in [9.17, 15) is 9.90 Å². The molecule has 0 unspecified atom stereocenters. The molecule has 4 nitrogen and oxygen atoms in total. The zero-order chi connectivity index (χ0) is 16.8. The summed E-state index contributed by atoms with van der Waals surface area (Å²) < 4.78 is 0. The van der Waals surface area contributed by atoms with Crippen molar-refractivity contribution in [3.05, 3.63) is 71.8 Å². The fraction of sp³-hybridized carbons (Fsp3) is 0.222. The highest BCUT2D eigenvalue weighted by molar-refractivity contribution is 7.80. The number of nitrogens with one attached hydrogen (secondary N) is 1. The van der Waals surface area contributed by atoms with Gasteiger partial charge in [-0.25, -0.2) is 0 Å². The summed E-state index contributed by atoms with van der Waals surface area (Å²) in [6.45, 7) is 1.86. The van der Waals surface area contributed by atoms with Gasteiger partial charge in [-0.3, -0.25) is 10.1 Å². The maximum Gasteiger partial charge on any atom is 0.257 e. The summed E-state index contributed by atoms with van der Waals surface area (Å²) in [5.41, 5.74) is 1.35. The maximum atomic E-state index is 12.1. The summed E-state index contributed by atoms with van der Waals surface area (Å²) in [5.74, 6) is -0.260. The Balaban J connectivity index is 2.00. The van der Waals surface area contributed by atoms with Gasteiger partial charge >= 0.3 is 0 Å². The molecule has 0 aliphatic carbocycles. The number of rotatable bonds is 4. The van der Waals surface area contributed by atoms with Crippen molar-refractivity contribution in [2.45, 2.75) is 19.1 Å². The van der Waals surface area contributed by atoms with Crippen molar-refractivity contribution < 1.29 is 9.90 Å². The van der Waals surface area contributed by atoms with Gasteiger partial charge in [0.25, 0.3) is 5.91 Å². The van der Waals surface area contributed by atoms with Gasteiger partial charge in [0, 0.05) is 12.6 Å². The van der Waals surface area contributed by atoms with Crippen molar-refractivity contribution in [1.29, 1.82) is 0 Å². The summed E-state index contributed by atoms with van der Waals surface area (Å²) in [7, 11) is 1.75. The number of nitrogens with zero attached hydrogens (tertiary/aromatic N) is 1. The molecule has 0 saturated heterocycles. The number of aliphatic hydroxyl groups excluding tert-OH is 1. The first kappa shape index (κ1) is 17.1. The van der Waals surface area contributed by atoms with Crippen LogP contribution in [0.2, 0.25) is 0 Å². The molecule has 2 aromatic carbocycles. The predicted molar refractivity (Wildman–Crippen MR) is 95.1 cm³/mol. The lowest BCUT2D eigenvalue weighted by Crippen LogP contribution is -2.46. The smallest absolute Gasteiger partial charge is 0.257 e. The normalized spacial score (nSPS) is 13.0. The maximum absolute atomic E-state index is 12.1. The van der Waals surface area contributed by atoms with Gasteiger partial charge in [0.1, 0.15) is 0 Å². The van der Waals surface area contributed by atoms with Crippen LogP contribution in [0.15, 0.2) is 60.7 Å². The molecule has 0 fully saturated rings. The Morgan fingerprint density at radius 1 is 1.09 bits per heavy atom. The number of carbonyl (C=O) groups excluding carboxylic acids is 1. The number of carbonyl (C=O) groups is 1. The molecule has 0 bridgehead atoms. The van der Waals surface area contributed by atoms with Crippen LogP contribution in [-0.2, 0) is 0 Å². The van der Waals surface area contributed by atoms with Crippen molar-refractivity contribution in [2.75, 3.05) is 7.05 Å². The Morgan fingerprint density at radius 3 is 2.17 bits per heavy atom. The van der Waals surface area contributed by atoms with Crippen LogP contribution in [-0.4, -0.2) is 34.1 Å². The van der Waals surface area contributed by atoms with Gasteiger partial charge in [-0.2, -0.15) is 0 Å². The van der Waals surface area contributed by atoms with Gasteiger partial charge in [0.05, 0.1) is 12.1 Å². The van der Waals surface area contributed by atoms with E-state index in [0.29, 0.717) is 5.56 Å². The minimum absolute atomic E-state index is 0.260. The minimum Gasteiger partial charge on any atom is -0.386 e. The Bertz CT molecular complexity index is 661. The van der Waals surface area contributed by atoms with Crippen molar-refractivity contribution >= 4 is 23.2 Å². The summed E-state index contributed by atoms with van der Waals surface area (Å²) in [5, 5.41) is 13.4. The van der Waals surface area contributed by atoms with Crippen LogP contribution < -0.4 is 5.32 Å². The van der Waals surface area contributed by atoms with E-state index in [1.54, 1.807) is 36.2 Å². The molecule has 0 saturated carbocycles. The van der Waals surface area contributed by atoms with E-state index in [-0.39, 0.29) is 17.1 Å². The molecule has 2 aromatic rings. The lowest BCUT2D eigenvalue weighted by Gasteiger charge is -2.31. The summed E-state index contributed by atoms with van der Waals surface area (Å²) >= 11 is 5.28. The van der Waals surface area contributed by atoms with E-state index >= 15 is 0 Å². The molecule has 0 radical (unpaired) electrons. The number of thiocarbonyl (C=S) groups is 1. The third-order valence-electron chi connectivity index (χ3n) is 3.79. The van der Waals surface area contributed by atoms with Gasteiger partial charge in [0.15, 0.2) is 5.11 Å². The average molecular weight is 328 g/mol. The Hall–Kier alpha value is -2.24. The van der Waals surface area contributed by atoms with Crippen LogP contribution in [0.25, 0.3) is 0 Å². The second-order valence-corrected chi connectivity index (χ2v) is 5.72. The molecule has 5 heteroatoms. The zero-order valence-corrected chi connectivity index (χ0v) is 14.0. The quantitative estimate of drug-likeness (QED) is 0.848. The number of hydrogen-bond donors (Lipinski definition) is 2. The molecular formula is C18H20N2O2S. The highest BCUT2D eigenvalue weighted by atomic mass is 32.1. The summed E-state index contributed by atoms with van der Waals surface area (Å²) in [6.07, 6.45) is -0.701. The lowest BCUT2D eigenvalue weighted by molar-refractivity contribution is 0.0935. The van der Waals surface area contributed by atoms with E-state index in [0.717, 1.165) is 5.56 Å². The number of amides is 1. The first-order valence-corrected chi connectivity index (χ1v) is 7.77. The standard InChI is InChI=1S/C18H20N2O2S/c1-13(16(21)14-9-5-3-6-10-14)20(2)18(23)19-17(22)15-11-7-4-8-12-15/h3-13,16,21H,1-2H3,(H,19,22,23)/t13-,16+/m0/s1. The molecule has 0 heterocycles. The highest BCUT2D eigenvalue weighted by Gasteiger charge is 2.23. The molecule has 120 valence electrons. The largest absolute Gasteiger partial charge is 0.386 e. The van der Waals surface area contributed by atoms with Crippen LogP contribution in [0.4, 0.5) is 0 Å². The Labute approximate surface area is 141 Å². The Morgan fingerprint density at radius 2 is 1.61 bits per heavy atom. The van der Waals surface area contributed by atoms with E-state index in [1.165, 1.54) is 0 Å².